The number of amides is 1. The lowest BCUT2D eigenvalue weighted by Crippen LogP contribution is -2.68. The van der Waals surface area contributed by atoms with Crippen LogP contribution in [0.4, 0.5) is 5.82 Å². The van der Waals surface area contributed by atoms with E-state index in [2.05, 4.69) is 20.8 Å². The monoisotopic (exact) mass is 869 g/mol. The minimum Gasteiger partial charge on any atom is -0.507 e. The van der Waals surface area contributed by atoms with E-state index < -0.39 is 60.1 Å². The van der Waals surface area contributed by atoms with Crippen molar-refractivity contribution in [3.05, 3.63) is 105 Å². The van der Waals surface area contributed by atoms with Gasteiger partial charge in [-0.3, -0.25) is 19.3 Å². The molecule has 0 saturated heterocycles. The second-order valence-corrected chi connectivity index (χ2v) is 24.1. The van der Waals surface area contributed by atoms with Gasteiger partial charge in [0.1, 0.15) is 29.7 Å². The van der Waals surface area contributed by atoms with Crippen LogP contribution >= 0.6 is 11.6 Å². The molecule has 13 nitrogen and oxygen atoms in total. The number of aliphatic hydroxyl groups excluding tert-OH is 1. The van der Waals surface area contributed by atoms with E-state index in [-0.39, 0.29) is 83.2 Å². The zero-order chi connectivity index (χ0) is 44.2. The van der Waals surface area contributed by atoms with E-state index >= 15 is 9.59 Å². The molecule has 3 N–H and O–H groups in total. The number of benzene rings is 2. The number of hydrogen-bond donors (Lipinski definition) is 3. The maximum Gasteiger partial charge on any atom is 0.265 e. The highest BCUT2D eigenvalue weighted by Crippen LogP contribution is 2.59. The van der Waals surface area contributed by atoms with Crippen LogP contribution in [0.25, 0.3) is 5.76 Å². The van der Waals surface area contributed by atoms with Crippen LogP contribution < -0.4 is 20.1 Å². The third-order valence-corrected chi connectivity index (χ3v) is 17.1. The molecule has 1 saturated carbocycles. The zero-order valence-electron chi connectivity index (χ0n) is 36.6. The number of carbonyl (C=O) groups excluding carboxylic acids is 3. The predicted octanol–water partition coefficient (Wildman–Crippen LogP) is 8.50. The fraction of sp³-hybridized carbons (Fsp3) is 0.457. The largest absolute Gasteiger partial charge is 0.507 e. The van der Waals surface area contributed by atoms with Gasteiger partial charge in [-0.05, 0) is 88.0 Å². The maximum absolute atomic E-state index is 15.9. The fourth-order valence-electron chi connectivity index (χ4n) is 8.33. The fourth-order valence-corrected chi connectivity index (χ4v) is 10.0. The van der Waals surface area contributed by atoms with Gasteiger partial charge in [0.2, 0.25) is 17.5 Å². The molecular formula is C46H56ClN5O8Si. The number of carbonyl (C=O) groups is 3. The number of anilines is 1. The average Bonchev–Trinajstić information content (AvgIpc) is 3.61. The summed E-state index contributed by atoms with van der Waals surface area (Å²) in [4.78, 5) is 51.5. The quantitative estimate of drug-likeness (QED) is 0.0708. The van der Waals surface area contributed by atoms with Crippen molar-refractivity contribution in [1.82, 2.24) is 20.4 Å². The Kier molecular flexibility index (Phi) is 11.9. The highest BCUT2D eigenvalue weighted by molar-refractivity contribution is 6.74. The lowest BCUT2D eigenvalue weighted by Gasteiger charge is -2.55. The van der Waals surface area contributed by atoms with E-state index in [0.29, 0.717) is 5.56 Å². The number of rotatable bonds is 12. The van der Waals surface area contributed by atoms with E-state index in [4.69, 9.17) is 30.0 Å². The van der Waals surface area contributed by atoms with Gasteiger partial charge >= 0.3 is 0 Å². The van der Waals surface area contributed by atoms with E-state index in [0.717, 1.165) is 11.1 Å². The minimum absolute atomic E-state index is 0.0184. The molecule has 3 aliphatic carbocycles. The molecule has 7 rings (SSSR count). The second-order valence-electron chi connectivity index (χ2n) is 19.0. The Labute approximate surface area is 363 Å². The van der Waals surface area contributed by atoms with Gasteiger partial charge in [-0.25, -0.2) is 4.98 Å². The molecule has 0 radical (unpaired) electrons. The molecule has 2 heterocycles. The summed E-state index contributed by atoms with van der Waals surface area (Å²) >= 11 is 6.98. The van der Waals surface area contributed by atoms with Crippen LogP contribution in [-0.2, 0) is 33.6 Å². The average molecular weight is 871 g/mol. The van der Waals surface area contributed by atoms with E-state index in [1.165, 1.54) is 0 Å². The predicted molar refractivity (Wildman–Crippen MR) is 235 cm³/mol. The Balaban J connectivity index is 1.41. The van der Waals surface area contributed by atoms with Gasteiger partial charge in [0, 0.05) is 22.6 Å². The number of nitrogens with zero attached hydrogens (tertiary/aromatic N) is 3. The van der Waals surface area contributed by atoms with E-state index in [1.807, 2.05) is 134 Å². The van der Waals surface area contributed by atoms with Crippen LogP contribution in [0.15, 0.2) is 70.8 Å². The lowest BCUT2D eigenvalue weighted by molar-refractivity contribution is -0.140. The number of Topliss-reactive ketones (excluding diaryl/α,β-unsaturated/α-hetero) is 2. The number of aliphatic hydroxyl groups is 1. The second kappa shape index (κ2) is 16.4. The molecule has 0 unspecified atom stereocenters. The Morgan fingerprint density at radius 1 is 0.951 bits per heavy atom. The normalized spacial score (nSPS) is 21.4. The third kappa shape index (κ3) is 8.28. The van der Waals surface area contributed by atoms with E-state index in [9.17, 15) is 9.90 Å². The van der Waals surface area contributed by atoms with Crippen LogP contribution in [0, 0.1) is 11.8 Å². The summed E-state index contributed by atoms with van der Waals surface area (Å²) in [5.41, 5.74) is -0.143. The highest BCUT2D eigenvalue weighted by atomic mass is 35.5. The molecule has 1 amide bonds. The molecule has 3 aliphatic rings. The van der Waals surface area contributed by atoms with Crippen LogP contribution in [0.3, 0.4) is 0 Å². The molecule has 0 aliphatic heterocycles. The van der Waals surface area contributed by atoms with Crippen molar-refractivity contribution in [3.8, 4) is 11.6 Å². The number of ether oxygens (including phenoxy) is 2. The summed E-state index contributed by atoms with van der Waals surface area (Å²) < 4.78 is 25.9. The van der Waals surface area contributed by atoms with Gasteiger partial charge in [-0.15, -0.1) is 0 Å². The van der Waals surface area contributed by atoms with Crippen molar-refractivity contribution < 1.29 is 37.9 Å². The molecule has 324 valence electrons. The maximum atomic E-state index is 15.9. The number of pyridine rings is 1. The molecule has 4 aromatic rings. The van der Waals surface area contributed by atoms with Gasteiger partial charge in [-0.2, -0.15) is 0 Å². The van der Waals surface area contributed by atoms with Crippen molar-refractivity contribution in [3.63, 3.8) is 0 Å². The Bertz CT molecular complexity index is 2370. The molecule has 61 heavy (non-hydrogen) atoms. The van der Waals surface area contributed by atoms with Gasteiger partial charge < -0.3 is 34.2 Å². The van der Waals surface area contributed by atoms with Crippen LogP contribution in [0.1, 0.15) is 92.4 Å². The first-order valence-corrected chi connectivity index (χ1v) is 23.9. The summed E-state index contributed by atoms with van der Waals surface area (Å²) in [5.74, 6) is -3.19. The molecule has 4 atom stereocenters. The summed E-state index contributed by atoms with van der Waals surface area (Å²) in [5, 5.41) is 22.6. The van der Waals surface area contributed by atoms with Crippen LogP contribution in [0.5, 0.6) is 11.6 Å². The Morgan fingerprint density at radius 3 is 2.13 bits per heavy atom. The van der Waals surface area contributed by atoms with E-state index in [1.54, 1.807) is 0 Å². The smallest absolute Gasteiger partial charge is 0.265 e. The van der Waals surface area contributed by atoms with Crippen LogP contribution in [0.2, 0.25) is 23.3 Å². The van der Waals surface area contributed by atoms with Crippen molar-refractivity contribution >= 4 is 49.0 Å². The Morgan fingerprint density at radius 2 is 1.56 bits per heavy atom. The molecule has 0 spiro atoms. The highest BCUT2D eigenvalue weighted by Gasteiger charge is 2.69. The number of halogens is 1. The van der Waals surface area contributed by atoms with Crippen molar-refractivity contribution in [1.29, 1.82) is 0 Å². The molecule has 2 aromatic carbocycles. The zero-order valence-corrected chi connectivity index (χ0v) is 38.3. The number of fused-ring (bicyclic) bond motifs is 4. The topological polar surface area (TPSA) is 165 Å². The third-order valence-electron chi connectivity index (χ3n) is 12.4. The number of aromatic nitrogens is 2. The van der Waals surface area contributed by atoms with Gasteiger partial charge in [0.05, 0.1) is 18.2 Å². The first kappa shape index (κ1) is 44.2. The van der Waals surface area contributed by atoms with Gasteiger partial charge in [-0.1, -0.05) is 93.0 Å². The van der Waals surface area contributed by atoms with Crippen molar-refractivity contribution in [2.75, 3.05) is 26.0 Å². The van der Waals surface area contributed by atoms with Crippen molar-refractivity contribution in [2.45, 2.75) is 103 Å². The minimum atomic E-state index is -2.98. The van der Waals surface area contributed by atoms with Crippen LogP contribution in [-0.4, -0.2) is 77.7 Å². The summed E-state index contributed by atoms with van der Waals surface area (Å²) in [7, 11) is 0.744. The standard InChI is InChI=1S/C46H56ClN5O8Si/c1-44(2,3)48-23-31(53)49-42-38(57-24-26-17-13-11-14-18-26)33-29(41(47)50-42)21-28-22-30-35(52(7)8)37-34(43(51-59-37)58-25-27-19-15-12-16-20-27)40(56)46(30,39(55)32(28)36(33)54)60-61(9,10)45(4,5)6/h11-20,28,30,35,48,54H,21-25H2,1-10H3,(H,49,50,53)/t28-,30-,35-,46-/m0/s1. The van der Waals surface area contributed by atoms with Gasteiger partial charge in [0.25, 0.3) is 5.88 Å². The molecule has 2 aromatic heterocycles. The number of hydrogen-bond acceptors (Lipinski definition) is 12. The number of ketones is 2. The van der Waals surface area contributed by atoms with Gasteiger partial charge in [0.15, 0.2) is 31.2 Å². The summed E-state index contributed by atoms with van der Waals surface area (Å²) in [6.45, 7) is 16.1. The first-order valence-electron chi connectivity index (χ1n) is 20.6. The first-order chi connectivity index (χ1) is 28.6. The van der Waals surface area contributed by atoms with Crippen molar-refractivity contribution in [2.24, 2.45) is 11.8 Å². The summed E-state index contributed by atoms with van der Waals surface area (Å²) in [6, 6.07) is 18.2. The number of nitrogens with one attached hydrogen (secondary N) is 2. The summed E-state index contributed by atoms with van der Waals surface area (Å²) in [6.07, 6.45) is 0.422. The molecule has 0 bridgehead atoms. The molecule has 1 fully saturated rings. The molecule has 15 heteroatoms. The SMILES string of the molecule is CN(C)[C@@H]1c2onc(OCc3ccccc3)c2C(=O)[C@@]2(O[Si](C)(C)C(C)(C)C)C(=O)C3=C(O)c4c(c(Cl)nc(NC(=O)CNC(C)(C)C)c4OCc4ccccc4)C[C@H]3C[C@@H]12. The Hall–Kier alpha value is -4.86. The molecular weight excluding hydrogens is 814 g/mol. The lowest BCUT2D eigenvalue weighted by atomic mass is 9.57.